The van der Waals surface area contributed by atoms with Gasteiger partial charge in [-0.15, -0.1) is 0 Å². The number of nitrogens with zero attached hydrogens (tertiary/aromatic N) is 3. The molecule has 34 heavy (non-hydrogen) atoms. The van der Waals surface area contributed by atoms with E-state index in [0.717, 1.165) is 0 Å². The van der Waals surface area contributed by atoms with Crippen LogP contribution < -0.4 is 5.73 Å². The molecule has 0 aliphatic heterocycles. The van der Waals surface area contributed by atoms with Crippen LogP contribution in [0.15, 0.2) is 0 Å². The first kappa shape index (κ1) is 31.7. The number of carboxylic acids is 4. The van der Waals surface area contributed by atoms with Crippen molar-refractivity contribution in [3.63, 3.8) is 0 Å². The van der Waals surface area contributed by atoms with Crippen molar-refractivity contribution in [3.05, 3.63) is 0 Å². The van der Waals surface area contributed by atoms with Crippen LogP contribution in [-0.4, -0.2) is 124 Å². The molecule has 0 spiro atoms. The smallest absolute Gasteiger partial charge is 0.317 e. The van der Waals surface area contributed by atoms with E-state index in [-0.39, 0.29) is 63.7 Å². The molecule has 0 aromatic carbocycles. The average molecular weight is 491 g/mol. The summed E-state index contributed by atoms with van der Waals surface area (Å²) < 4.78 is 0. The first-order valence-corrected chi connectivity index (χ1v) is 11.5. The molecule has 198 valence electrons. The number of nitrogens with two attached hydrogens (primary N) is 1. The Labute approximate surface area is 201 Å². The van der Waals surface area contributed by atoms with Crippen molar-refractivity contribution in [3.8, 4) is 0 Å². The van der Waals surface area contributed by atoms with Crippen LogP contribution in [-0.2, 0) is 19.2 Å². The van der Waals surface area contributed by atoms with Gasteiger partial charge in [0.15, 0.2) is 0 Å². The molecule has 0 fully saturated rings. The van der Waals surface area contributed by atoms with E-state index in [1.165, 1.54) is 0 Å². The minimum absolute atomic E-state index is 0.00108. The van der Waals surface area contributed by atoms with Crippen LogP contribution in [0.5, 0.6) is 0 Å². The zero-order valence-corrected chi connectivity index (χ0v) is 20.6. The molecule has 12 heteroatoms. The summed E-state index contributed by atoms with van der Waals surface area (Å²) in [6, 6.07) is -0.262. The highest BCUT2D eigenvalue weighted by Gasteiger charge is 2.28. The maximum atomic E-state index is 11.5. The molecule has 0 saturated carbocycles. The zero-order chi connectivity index (χ0) is 26.3. The fourth-order valence-corrected chi connectivity index (χ4v) is 3.83. The van der Waals surface area contributed by atoms with Gasteiger partial charge < -0.3 is 26.2 Å². The lowest BCUT2D eigenvalue weighted by Crippen LogP contribution is -2.51. The van der Waals surface area contributed by atoms with Crippen LogP contribution >= 0.6 is 0 Å². The van der Waals surface area contributed by atoms with Crippen molar-refractivity contribution in [2.45, 2.75) is 52.5 Å². The molecular formula is C22H42N4O8. The van der Waals surface area contributed by atoms with Crippen molar-refractivity contribution in [2.75, 3.05) is 58.9 Å². The summed E-state index contributed by atoms with van der Waals surface area (Å²) in [7, 11) is 0. The lowest BCUT2D eigenvalue weighted by molar-refractivity contribution is -0.141. The van der Waals surface area contributed by atoms with E-state index in [1.807, 2.05) is 20.8 Å². The van der Waals surface area contributed by atoms with Crippen LogP contribution in [0.3, 0.4) is 0 Å². The quantitative estimate of drug-likeness (QED) is 0.146. The van der Waals surface area contributed by atoms with Gasteiger partial charge in [0.2, 0.25) is 0 Å². The predicted molar refractivity (Wildman–Crippen MR) is 126 cm³/mol. The highest BCUT2D eigenvalue weighted by Crippen LogP contribution is 2.24. The van der Waals surface area contributed by atoms with Gasteiger partial charge >= 0.3 is 23.9 Å². The minimum atomic E-state index is -1.04. The average Bonchev–Trinajstić information content (AvgIpc) is 2.65. The molecule has 0 aliphatic rings. The van der Waals surface area contributed by atoms with Gasteiger partial charge in [-0.2, -0.15) is 0 Å². The Bertz CT molecular complexity index is 653. The molecule has 1 atom stereocenters. The van der Waals surface area contributed by atoms with Gasteiger partial charge in [-0.1, -0.05) is 20.8 Å². The van der Waals surface area contributed by atoms with Gasteiger partial charge in [-0.05, 0) is 31.2 Å². The Balaban J connectivity index is 5.44. The Morgan fingerprint density at radius 2 is 1.26 bits per heavy atom. The number of carboxylic acid groups (broad SMARTS) is 4. The Morgan fingerprint density at radius 3 is 1.74 bits per heavy atom. The lowest BCUT2D eigenvalue weighted by atomic mass is 9.87. The number of aliphatic carboxylic acids is 4. The summed E-state index contributed by atoms with van der Waals surface area (Å²) in [6.45, 7) is 7.17. The normalized spacial score (nSPS) is 12.9. The van der Waals surface area contributed by atoms with Crippen molar-refractivity contribution in [2.24, 2.45) is 11.1 Å². The molecule has 0 radical (unpaired) electrons. The lowest BCUT2D eigenvalue weighted by Gasteiger charge is -2.38. The molecule has 6 N–H and O–H groups in total. The summed E-state index contributed by atoms with van der Waals surface area (Å²) in [5.41, 5.74) is 5.55. The first-order chi connectivity index (χ1) is 15.7. The van der Waals surface area contributed by atoms with Crippen molar-refractivity contribution in [1.29, 1.82) is 0 Å². The standard InChI is InChI=1S/C22H42N4O8/c1-22(2,3)12-17(26(9-7-23)16-21(33)34)13-25(15-20(31)32)11-10-24(14-19(29)30)8-5-4-6-18(27)28/h17H,4-16,23H2,1-3H3,(H,27,28)(H,29,30)(H,31,32)(H,33,34). The first-order valence-electron chi connectivity index (χ1n) is 11.5. The molecule has 1 unspecified atom stereocenters. The topological polar surface area (TPSA) is 185 Å². The van der Waals surface area contributed by atoms with Crippen LogP contribution in [0, 0.1) is 5.41 Å². The highest BCUT2D eigenvalue weighted by molar-refractivity contribution is 5.70. The monoisotopic (exact) mass is 490 g/mol. The SMILES string of the molecule is CC(C)(C)CC(CN(CCN(CCCCC(=O)O)CC(=O)O)CC(=O)O)N(CCN)CC(=O)O. The number of hydrogen-bond donors (Lipinski definition) is 5. The molecule has 0 bridgehead atoms. The fourth-order valence-electron chi connectivity index (χ4n) is 3.83. The van der Waals surface area contributed by atoms with Crippen molar-refractivity contribution < 1.29 is 39.6 Å². The Kier molecular flexibility index (Phi) is 15.3. The van der Waals surface area contributed by atoms with E-state index in [9.17, 15) is 34.5 Å². The second-order valence-corrected chi connectivity index (χ2v) is 9.72. The van der Waals surface area contributed by atoms with Gasteiger partial charge in [-0.3, -0.25) is 33.9 Å². The molecule has 0 aromatic rings. The van der Waals surface area contributed by atoms with E-state index in [1.54, 1.807) is 14.7 Å². The van der Waals surface area contributed by atoms with E-state index >= 15 is 0 Å². The van der Waals surface area contributed by atoms with Gasteiger partial charge in [0, 0.05) is 45.2 Å². The van der Waals surface area contributed by atoms with E-state index in [2.05, 4.69) is 0 Å². The molecule has 0 saturated heterocycles. The van der Waals surface area contributed by atoms with Crippen LogP contribution in [0.25, 0.3) is 0 Å². The largest absolute Gasteiger partial charge is 0.481 e. The molecule has 0 aliphatic carbocycles. The molecule has 0 amide bonds. The van der Waals surface area contributed by atoms with Gasteiger partial charge in [-0.25, -0.2) is 0 Å². The summed E-state index contributed by atoms with van der Waals surface area (Å²) in [6.07, 6.45) is 1.54. The minimum Gasteiger partial charge on any atom is -0.481 e. The fraction of sp³-hybridized carbons (Fsp3) is 0.818. The third kappa shape index (κ3) is 17.2. The number of rotatable bonds is 20. The second kappa shape index (κ2) is 16.4. The summed E-state index contributed by atoms with van der Waals surface area (Å²) in [5.74, 6) is -3.97. The zero-order valence-electron chi connectivity index (χ0n) is 20.6. The summed E-state index contributed by atoms with van der Waals surface area (Å²) >= 11 is 0. The molecule has 0 heterocycles. The molecule has 0 rings (SSSR count). The molecule has 0 aromatic heterocycles. The van der Waals surface area contributed by atoms with Crippen molar-refractivity contribution in [1.82, 2.24) is 14.7 Å². The van der Waals surface area contributed by atoms with Gasteiger partial charge in [0.25, 0.3) is 0 Å². The van der Waals surface area contributed by atoms with E-state index in [4.69, 9.17) is 10.8 Å². The maximum absolute atomic E-state index is 11.5. The summed E-state index contributed by atoms with van der Waals surface area (Å²) in [4.78, 5) is 50.0. The number of carbonyl (C=O) groups is 4. The van der Waals surface area contributed by atoms with Crippen LogP contribution in [0.4, 0.5) is 0 Å². The third-order valence-corrected chi connectivity index (χ3v) is 5.15. The second-order valence-electron chi connectivity index (χ2n) is 9.72. The van der Waals surface area contributed by atoms with Crippen molar-refractivity contribution >= 4 is 23.9 Å². The number of unbranched alkanes of at least 4 members (excludes halogenated alkanes) is 1. The maximum Gasteiger partial charge on any atom is 0.317 e. The van der Waals surface area contributed by atoms with E-state index in [0.29, 0.717) is 32.4 Å². The predicted octanol–water partition coefficient (Wildman–Crippen LogP) is 0.165. The van der Waals surface area contributed by atoms with E-state index < -0.39 is 23.9 Å². The van der Waals surface area contributed by atoms with Gasteiger partial charge in [0.05, 0.1) is 19.6 Å². The van der Waals surface area contributed by atoms with Crippen LogP contribution in [0.1, 0.15) is 46.5 Å². The third-order valence-electron chi connectivity index (χ3n) is 5.15. The van der Waals surface area contributed by atoms with Gasteiger partial charge in [0.1, 0.15) is 0 Å². The Hall–Kier alpha value is -2.28. The highest BCUT2D eigenvalue weighted by atomic mass is 16.4. The molecular weight excluding hydrogens is 448 g/mol. The van der Waals surface area contributed by atoms with Crippen LogP contribution in [0.2, 0.25) is 0 Å². The summed E-state index contributed by atoms with van der Waals surface area (Å²) in [5, 5.41) is 36.7. The number of hydrogen-bond acceptors (Lipinski definition) is 8. The Morgan fingerprint density at radius 1 is 0.735 bits per heavy atom. The molecule has 12 nitrogen and oxygen atoms in total.